The number of benzene rings is 1. The number of nitrogens with zero attached hydrogens (tertiary/aromatic N) is 1. The first-order valence-corrected chi connectivity index (χ1v) is 11.9. The standard InChI is InChI=1S/C23H36N2S/c1-3-26-24-20-13-7-12-19(15-20)23(2)21-16-25(17-22(21)23)14-8-11-18-9-5-4-6-10-18/h7,12-13,15,18,21-22,24H,3-6,8-11,14,16-17H2,1-2H3. The molecule has 1 saturated heterocycles. The van der Waals surface area contributed by atoms with Gasteiger partial charge in [0.1, 0.15) is 0 Å². The predicted octanol–water partition coefficient (Wildman–Crippen LogP) is 5.95. The van der Waals surface area contributed by atoms with Gasteiger partial charge in [0.2, 0.25) is 0 Å². The zero-order valence-electron chi connectivity index (χ0n) is 16.7. The molecule has 1 N–H and O–H groups in total. The Morgan fingerprint density at radius 3 is 2.65 bits per heavy atom. The van der Waals surface area contributed by atoms with Gasteiger partial charge in [0.15, 0.2) is 0 Å². The van der Waals surface area contributed by atoms with Crippen molar-refractivity contribution in [3.05, 3.63) is 29.8 Å². The lowest BCUT2D eigenvalue weighted by molar-refractivity contribution is 0.253. The third-order valence-corrected chi connectivity index (χ3v) is 8.13. The van der Waals surface area contributed by atoms with Crippen molar-refractivity contribution in [3.63, 3.8) is 0 Å². The van der Waals surface area contributed by atoms with Crippen molar-refractivity contribution in [2.24, 2.45) is 17.8 Å². The number of likely N-dealkylation sites (tertiary alicyclic amines) is 1. The second kappa shape index (κ2) is 8.14. The topological polar surface area (TPSA) is 15.3 Å². The quantitative estimate of drug-likeness (QED) is 0.568. The van der Waals surface area contributed by atoms with Crippen LogP contribution in [-0.2, 0) is 5.41 Å². The molecule has 2 saturated carbocycles. The number of anilines is 1. The van der Waals surface area contributed by atoms with Crippen molar-refractivity contribution in [2.75, 3.05) is 30.1 Å². The fourth-order valence-corrected chi connectivity index (χ4v) is 6.16. The summed E-state index contributed by atoms with van der Waals surface area (Å²) in [6.07, 6.45) is 10.4. The van der Waals surface area contributed by atoms with Gasteiger partial charge >= 0.3 is 0 Å². The SMILES string of the molecule is CCSNc1cccc(C2(C)C3CN(CCCC4CCCCC4)CC32)c1. The zero-order valence-corrected chi connectivity index (χ0v) is 17.5. The first kappa shape index (κ1) is 18.7. The predicted molar refractivity (Wildman–Crippen MR) is 115 cm³/mol. The molecule has 2 nitrogen and oxygen atoms in total. The summed E-state index contributed by atoms with van der Waals surface area (Å²) < 4.78 is 3.47. The molecular weight excluding hydrogens is 336 g/mol. The van der Waals surface area contributed by atoms with E-state index < -0.39 is 0 Å². The maximum atomic E-state index is 3.47. The van der Waals surface area contributed by atoms with E-state index in [0.29, 0.717) is 5.41 Å². The minimum Gasteiger partial charge on any atom is -0.330 e. The van der Waals surface area contributed by atoms with E-state index in [1.54, 1.807) is 17.5 Å². The summed E-state index contributed by atoms with van der Waals surface area (Å²) >= 11 is 1.79. The van der Waals surface area contributed by atoms with Crippen molar-refractivity contribution in [1.29, 1.82) is 0 Å². The minimum atomic E-state index is 0.425. The molecule has 3 aliphatic rings. The highest BCUT2D eigenvalue weighted by Crippen LogP contribution is 2.63. The van der Waals surface area contributed by atoms with Gasteiger partial charge in [-0.2, -0.15) is 0 Å². The average molecular weight is 373 g/mol. The van der Waals surface area contributed by atoms with E-state index in [-0.39, 0.29) is 0 Å². The number of hydrogen-bond acceptors (Lipinski definition) is 3. The normalized spacial score (nSPS) is 31.8. The van der Waals surface area contributed by atoms with Crippen LogP contribution in [0.25, 0.3) is 0 Å². The third-order valence-electron chi connectivity index (χ3n) is 7.46. The average Bonchev–Trinajstić information content (AvgIpc) is 3.03. The molecular formula is C23H36N2S. The van der Waals surface area contributed by atoms with E-state index in [1.165, 1.54) is 70.3 Å². The Balaban J connectivity index is 1.25. The highest BCUT2D eigenvalue weighted by atomic mass is 32.2. The highest BCUT2D eigenvalue weighted by Gasteiger charge is 2.65. The molecule has 0 aromatic heterocycles. The van der Waals surface area contributed by atoms with Gasteiger partial charge < -0.3 is 9.62 Å². The van der Waals surface area contributed by atoms with Crippen molar-refractivity contribution >= 4 is 17.6 Å². The third kappa shape index (κ3) is 3.80. The van der Waals surface area contributed by atoms with Gasteiger partial charge in [0, 0.05) is 29.9 Å². The fourth-order valence-electron chi connectivity index (χ4n) is 5.73. The Kier molecular flexibility index (Phi) is 5.85. The molecule has 144 valence electrons. The van der Waals surface area contributed by atoms with Gasteiger partial charge in [-0.1, -0.05) is 70.0 Å². The van der Waals surface area contributed by atoms with Crippen LogP contribution in [0.4, 0.5) is 5.69 Å². The van der Waals surface area contributed by atoms with E-state index >= 15 is 0 Å². The smallest absolute Gasteiger partial charge is 0.0442 e. The molecule has 2 atom stereocenters. The Bertz CT molecular complexity index is 584. The molecule has 1 aromatic rings. The van der Waals surface area contributed by atoms with Crippen LogP contribution in [0.5, 0.6) is 0 Å². The van der Waals surface area contributed by atoms with E-state index in [0.717, 1.165) is 23.5 Å². The van der Waals surface area contributed by atoms with Crippen LogP contribution in [0, 0.1) is 17.8 Å². The lowest BCUT2D eigenvalue weighted by atomic mass is 9.86. The van der Waals surface area contributed by atoms with Crippen LogP contribution in [0.15, 0.2) is 24.3 Å². The molecule has 26 heavy (non-hydrogen) atoms. The van der Waals surface area contributed by atoms with Crippen LogP contribution < -0.4 is 4.72 Å². The Labute approximate surface area is 164 Å². The summed E-state index contributed by atoms with van der Waals surface area (Å²) in [6, 6.07) is 9.18. The summed E-state index contributed by atoms with van der Waals surface area (Å²) in [4.78, 5) is 2.76. The lowest BCUT2D eigenvalue weighted by Crippen LogP contribution is -2.30. The van der Waals surface area contributed by atoms with Gasteiger partial charge in [-0.25, -0.2) is 0 Å². The molecule has 3 fully saturated rings. The van der Waals surface area contributed by atoms with Gasteiger partial charge in [-0.15, -0.1) is 0 Å². The van der Waals surface area contributed by atoms with Gasteiger partial charge in [0.05, 0.1) is 0 Å². The van der Waals surface area contributed by atoms with Gasteiger partial charge in [0.25, 0.3) is 0 Å². The van der Waals surface area contributed by atoms with Crippen molar-refractivity contribution in [2.45, 2.75) is 64.2 Å². The number of rotatable bonds is 8. The molecule has 0 radical (unpaired) electrons. The number of nitrogens with one attached hydrogen (secondary N) is 1. The largest absolute Gasteiger partial charge is 0.330 e. The monoisotopic (exact) mass is 372 g/mol. The number of fused-ring (bicyclic) bond motifs is 1. The Morgan fingerprint density at radius 1 is 1.15 bits per heavy atom. The van der Waals surface area contributed by atoms with Gasteiger partial charge in [-0.3, -0.25) is 0 Å². The summed E-state index contributed by atoms with van der Waals surface area (Å²) in [7, 11) is 0. The maximum absolute atomic E-state index is 3.47. The molecule has 2 unspecified atom stereocenters. The molecule has 0 amide bonds. The second-order valence-electron chi connectivity index (χ2n) is 9.02. The van der Waals surface area contributed by atoms with Crippen LogP contribution in [0.2, 0.25) is 0 Å². The highest BCUT2D eigenvalue weighted by molar-refractivity contribution is 8.00. The molecule has 1 heterocycles. The van der Waals surface area contributed by atoms with Crippen molar-refractivity contribution in [3.8, 4) is 0 Å². The summed E-state index contributed by atoms with van der Waals surface area (Å²) in [6.45, 7) is 8.69. The van der Waals surface area contributed by atoms with Crippen molar-refractivity contribution < 1.29 is 0 Å². The zero-order chi connectivity index (χ0) is 18.0. The van der Waals surface area contributed by atoms with Crippen LogP contribution >= 0.6 is 11.9 Å². The van der Waals surface area contributed by atoms with E-state index in [4.69, 9.17) is 0 Å². The number of piperidine rings is 1. The first-order valence-electron chi connectivity index (χ1n) is 10.9. The molecule has 1 aromatic carbocycles. The molecule has 3 heteroatoms. The van der Waals surface area contributed by atoms with Crippen LogP contribution in [-0.4, -0.2) is 30.3 Å². The van der Waals surface area contributed by atoms with Crippen LogP contribution in [0.3, 0.4) is 0 Å². The van der Waals surface area contributed by atoms with Crippen LogP contribution in [0.1, 0.15) is 64.4 Å². The maximum Gasteiger partial charge on any atom is 0.0442 e. The molecule has 2 aliphatic carbocycles. The van der Waals surface area contributed by atoms with Crippen molar-refractivity contribution in [1.82, 2.24) is 4.90 Å². The lowest BCUT2D eigenvalue weighted by Gasteiger charge is -2.26. The van der Waals surface area contributed by atoms with E-state index in [1.807, 2.05) is 0 Å². The molecule has 0 spiro atoms. The molecule has 4 rings (SSSR count). The summed E-state index contributed by atoms with van der Waals surface area (Å²) in [5.41, 5.74) is 3.25. The second-order valence-corrected chi connectivity index (χ2v) is 10.1. The van der Waals surface area contributed by atoms with E-state index in [2.05, 4.69) is 47.7 Å². The summed E-state index contributed by atoms with van der Waals surface area (Å²) in [5.74, 6) is 3.91. The summed E-state index contributed by atoms with van der Waals surface area (Å²) in [5, 5.41) is 0. The molecule has 0 bridgehead atoms. The minimum absolute atomic E-state index is 0.425. The van der Waals surface area contributed by atoms with Gasteiger partial charge in [-0.05, 0) is 54.8 Å². The fraction of sp³-hybridized carbons (Fsp3) is 0.739. The Hall–Kier alpha value is -0.670. The number of hydrogen-bond donors (Lipinski definition) is 1. The molecule has 1 aliphatic heterocycles. The first-order chi connectivity index (χ1) is 12.7. The van der Waals surface area contributed by atoms with E-state index in [9.17, 15) is 0 Å². The Morgan fingerprint density at radius 2 is 1.92 bits per heavy atom.